The highest BCUT2D eigenvalue weighted by molar-refractivity contribution is 5.72. The van der Waals surface area contributed by atoms with Crippen LogP contribution in [0.1, 0.15) is 72.1 Å². The zero-order chi connectivity index (χ0) is 19.4. The molecule has 3 aliphatic rings. The van der Waals surface area contributed by atoms with E-state index in [0.29, 0.717) is 25.4 Å². The standard InChI is InChI=1S/C22H35FO4/c1-4-5-11-22(3,23)19(27-21-8-6-7-12-25-21)10-9-16-15(2)13-18-17(16)14-20(24)26-18/h9-10,15-19,21H,4-8,11-14H2,1-3H3/b10-9+/t15-,16+,17-,18+,19+,21?,22?/m0/s1. The lowest BCUT2D eigenvalue weighted by Crippen LogP contribution is -2.40. The Balaban J connectivity index is 1.71. The molecule has 5 heteroatoms. The van der Waals surface area contributed by atoms with Crippen molar-refractivity contribution in [2.24, 2.45) is 17.8 Å². The Morgan fingerprint density at radius 2 is 2.22 bits per heavy atom. The SMILES string of the molecule is CCCCC(C)(F)[C@@H](/C=C/[C@H]1[C@@H]2CC(=O)O[C@@H]2C[C@@H]1C)OC1CCCCO1. The summed E-state index contributed by atoms with van der Waals surface area (Å²) < 4.78 is 32.7. The molecule has 7 atom stereocenters. The van der Waals surface area contributed by atoms with Crippen molar-refractivity contribution in [2.45, 2.75) is 96.3 Å². The largest absolute Gasteiger partial charge is 0.462 e. The number of carbonyl (C=O) groups is 1. The van der Waals surface area contributed by atoms with Crippen molar-refractivity contribution < 1.29 is 23.4 Å². The molecule has 0 amide bonds. The number of ether oxygens (including phenoxy) is 3. The first-order valence-electron chi connectivity index (χ1n) is 10.7. The van der Waals surface area contributed by atoms with Crippen molar-refractivity contribution in [1.29, 1.82) is 0 Å². The molecule has 2 aliphatic heterocycles. The van der Waals surface area contributed by atoms with E-state index in [9.17, 15) is 4.79 Å². The van der Waals surface area contributed by atoms with Crippen LogP contribution in [0.15, 0.2) is 12.2 Å². The molecule has 1 saturated carbocycles. The molecule has 154 valence electrons. The normalized spacial score (nSPS) is 37.2. The molecule has 2 heterocycles. The van der Waals surface area contributed by atoms with Crippen LogP contribution in [0, 0.1) is 17.8 Å². The number of carbonyl (C=O) groups excluding carboxylic acids is 1. The molecule has 0 N–H and O–H groups in total. The highest BCUT2D eigenvalue weighted by Gasteiger charge is 2.47. The Morgan fingerprint density at radius 1 is 1.41 bits per heavy atom. The van der Waals surface area contributed by atoms with Crippen LogP contribution in [0.3, 0.4) is 0 Å². The smallest absolute Gasteiger partial charge is 0.306 e. The second kappa shape index (κ2) is 9.04. The third kappa shape index (κ3) is 5.11. The fourth-order valence-corrected chi connectivity index (χ4v) is 4.78. The zero-order valence-corrected chi connectivity index (χ0v) is 17.0. The molecule has 0 aromatic carbocycles. The van der Waals surface area contributed by atoms with Gasteiger partial charge < -0.3 is 14.2 Å². The second-order valence-corrected chi connectivity index (χ2v) is 8.81. The number of allylic oxidation sites excluding steroid dienone is 1. The van der Waals surface area contributed by atoms with Crippen molar-refractivity contribution in [3.8, 4) is 0 Å². The van der Waals surface area contributed by atoms with Crippen LogP contribution in [-0.2, 0) is 19.0 Å². The summed E-state index contributed by atoms with van der Waals surface area (Å²) in [5.41, 5.74) is -1.43. The van der Waals surface area contributed by atoms with E-state index in [1.165, 1.54) is 0 Å². The fraction of sp³-hybridized carbons (Fsp3) is 0.864. The molecule has 0 bridgehead atoms. The van der Waals surface area contributed by atoms with Gasteiger partial charge in [-0.05, 0) is 50.9 Å². The lowest BCUT2D eigenvalue weighted by molar-refractivity contribution is -0.201. The Bertz CT molecular complexity index is 526. The first kappa shape index (κ1) is 20.8. The van der Waals surface area contributed by atoms with Crippen LogP contribution < -0.4 is 0 Å². The molecular formula is C22H35FO4. The van der Waals surface area contributed by atoms with Crippen molar-refractivity contribution in [3.05, 3.63) is 12.2 Å². The molecule has 3 rings (SSSR count). The summed E-state index contributed by atoms with van der Waals surface area (Å²) in [5, 5.41) is 0. The van der Waals surface area contributed by atoms with Crippen LogP contribution in [0.25, 0.3) is 0 Å². The van der Waals surface area contributed by atoms with Gasteiger partial charge in [0.2, 0.25) is 0 Å². The van der Waals surface area contributed by atoms with E-state index < -0.39 is 11.8 Å². The number of rotatable bonds is 8. The Kier molecular flexibility index (Phi) is 6.96. The summed E-state index contributed by atoms with van der Waals surface area (Å²) in [7, 11) is 0. The van der Waals surface area contributed by atoms with E-state index in [1.807, 2.05) is 6.08 Å². The average molecular weight is 383 g/mol. The minimum Gasteiger partial charge on any atom is -0.462 e. The van der Waals surface area contributed by atoms with Crippen molar-refractivity contribution in [2.75, 3.05) is 6.61 Å². The summed E-state index contributed by atoms with van der Waals surface area (Å²) >= 11 is 0. The molecule has 0 aromatic heterocycles. The summed E-state index contributed by atoms with van der Waals surface area (Å²) in [6.45, 7) is 6.59. The number of hydrogen-bond donors (Lipinski definition) is 0. The Morgan fingerprint density at radius 3 is 2.93 bits per heavy atom. The molecular weight excluding hydrogens is 347 g/mol. The van der Waals surface area contributed by atoms with Gasteiger partial charge in [0.1, 0.15) is 17.9 Å². The third-order valence-corrected chi connectivity index (χ3v) is 6.48. The minimum absolute atomic E-state index is 0.0278. The van der Waals surface area contributed by atoms with Gasteiger partial charge in [-0.1, -0.05) is 38.8 Å². The van der Waals surface area contributed by atoms with Gasteiger partial charge in [0.15, 0.2) is 6.29 Å². The van der Waals surface area contributed by atoms with E-state index in [0.717, 1.165) is 38.5 Å². The quantitative estimate of drug-likeness (QED) is 0.440. The summed E-state index contributed by atoms with van der Waals surface area (Å²) in [6.07, 6.45) is 9.62. The van der Waals surface area contributed by atoms with E-state index in [-0.39, 0.29) is 30.2 Å². The first-order valence-corrected chi connectivity index (χ1v) is 10.7. The van der Waals surface area contributed by atoms with Gasteiger partial charge in [0.05, 0.1) is 6.42 Å². The Hall–Kier alpha value is -0.940. The minimum atomic E-state index is -1.43. The number of esters is 1. The molecule has 2 saturated heterocycles. The zero-order valence-electron chi connectivity index (χ0n) is 17.0. The lowest BCUT2D eigenvalue weighted by Gasteiger charge is -2.33. The molecule has 3 fully saturated rings. The van der Waals surface area contributed by atoms with Crippen molar-refractivity contribution >= 4 is 5.97 Å². The molecule has 0 radical (unpaired) electrons. The number of unbranched alkanes of at least 4 members (excludes halogenated alkanes) is 1. The van der Waals surface area contributed by atoms with E-state index in [1.54, 1.807) is 6.92 Å². The van der Waals surface area contributed by atoms with Gasteiger partial charge >= 0.3 is 5.97 Å². The van der Waals surface area contributed by atoms with Crippen LogP contribution in [-0.4, -0.2) is 36.7 Å². The maximum Gasteiger partial charge on any atom is 0.306 e. The molecule has 27 heavy (non-hydrogen) atoms. The topological polar surface area (TPSA) is 44.8 Å². The van der Waals surface area contributed by atoms with Gasteiger partial charge in [0.25, 0.3) is 0 Å². The van der Waals surface area contributed by atoms with Crippen molar-refractivity contribution in [1.82, 2.24) is 0 Å². The fourth-order valence-electron chi connectivity index (χ4n) is 4.78. The molecule has 0 spiro atoms. The monoisotopic (exact) mass is 382 g/mol. The predicted molar refractivity (Wildman–Crippen MR) is 102 cm³/mol. The van der Waals surface area contributed by atoms with E-state index >= 15 is 4.39 Å². The molecule has 2 unspecified atom stereocenters. The predicted octanol–water partition coefficient (Wildman–Crippen LogP) is 4.96. The van der Waals surface area contributed by atoms with Gasteiger partial charge in [-0.25, -0.2) is 4.39 Å². The number of hydrogen-bond acceptors (Lipinski definition) is 4. The first-order chi connectivity index (χ1) is 12.9. The second-order valence-electron chi connectivity index (χ2n) is 8.81. The molecule has 1 aliphatic carbocycles. The summed E-state index contributed by atoms with van der Waals surface area (Å²) in [5.74, 6) is 0.785. The van der Waals surface area contributed by atoms with E-state index in [4.69, 9.17) is 14.2 Å². The summed E-state index contributed by atoms with van der Waals surface area (Å²) in [6, 6.07) is 0. The van der Waals surface area contributed by atoms with Gasteiger partial charge in [0, 0.05) is 12.5 Å². The van der Waals surface area contributed by atoms with Gasteiger partial charge in [-0.3, -0.25) is 4.79 Å². The number of fused-ring (bicyclic) bond motifs is 1. The molecule has 0 aromatic rings. The number of alkyl halides is 1. The highest BCUT2D eigenvalue weighted by atomic mass is 19.1. The van der Waals surface area contributed by atoms with Crippen LogP contribution in [0.2, 0.25) is 0 Å². The average Bonchev–Trinajstić information content (AvgIpc) is 3.12. The maximum absolute atomic E-state index is 15.5. The Labute approximate surface area is 162 Å². The summed E-state index contributed by atoms with van der Waals surface area (Å²) in [4.78, 5) is 11.6. The van der Waals surface area contributed by atoms with E-state index in [2.05, 4.69) is 19.9 Å². The number of halogens is 1. The van der Waals surface area contributed by atoms with Crippen LogP contribution in [0.5, 0.6) is 0 Å². The third-order valence-electron chi connectivity index (χ3n) is 6.48. The van der Waals surface area contributed by atoms with Crippen LogP contribution in [0.4, 0.5) is 4.39 Å². The van der Waals surface area contributed by atoms with Gasteiger partial charge in [-0.2, -0.15) is 0 Å². The van der Waals surface area contributed by atoms with Crippen molar-refractivity contribution in [3.63, 3.8) is 0 Å². The van der Waals surface area contributed by atoms with Crippen LogP contribution >= 0.6 is 0 Å². The molecule has 4 nitrogen and oxygen atoms in total. The van der Waals surface area contributed by atoms with Gasteiger partial charge in [-0.15, -0.1) is 0 Å². The lowest BCUT2D eigenvalue weighted by atomic mass is 9.86. The maximum atomic E-state index is 15.5. The highest BCUT2D eigenvalue weighted by Crippen LogP contribution is 2.45.